The Kier molecular flexibility index (Phi) is 4.85. The summed E-state index contributed by atoms with van der Waals surface area (Å²) in [6, 6.07) is 11.4. The van der Waals surface area contributed by atoms with Gasteiger partial charge in [-0.2, -0.15) is 0 Å². The number of hydrogen-bond acceptors (Lipinski definition) is 1. The van der Waals surface area contributed by atoms with E-state index in [0.29, 0.717) is 5.56 Å². The summed E-state index contributed by atoms with van der Waals surface area (Å²) in [7, 11) is 0. The summed E-state index contributed by atoms with van der Waals surface area (Å²) < 4.78 is 27.1. The van der Waals surface area contributed by atoms with Crippen LogP contribution in [0.3, 0.4) is 0 Å². The number of halogens is 2. The topological polar surface area (TPSA) is 12.0 Å². The highest BCUT2D eigenvalue weighted by molar-refractivity contribution is 5.35. The minimum atomic E-state index is -0.551. The summed E-state index contributed by atoms with van der Waals surface area (Å²) in [5, 5.41) is 3.33. The molecule has 3 heteroatoms. The quantitative estimate of drug-likeness (QED) is 0.854. The Morgan fingerprint density at radius 2 is 1.90 bits per heavy atom. The van der Waals surface area contributed by atoms with Crippen LogP contribution < -0.4 is 5.32 Å². The summed E-state index contributed by atoms with van der Waals surface area (Å²) in [6.45, 7) is 4.83. The van der Waals surface area contributed by atoms with E-state index in [-0.39, 0.29) is 6.04 Å². The molecule has 0 saturated carbocycles. The second-order valence-electron chi connectivity index (χ2n) is 4.97. The van der Waals surface area contributed by atoms with Gasteiger partial charge in [0.2, 0.25) is 0 Å². The van der Waals surface area contributed by atoms with E-state index in [9.17, 15) is 8.78 Å². The van der Waals surface area contributed by atoms with Gasteiger partial charge < -0.3 is 5.32 Å². The van der Waals surface area contributed by atoms with Crippen molar-refractivity contribution < 1.29 is 8.78 Å². The van der Waals surface area contributed by atoms with Crippen LogP contribution in [0.5, 0.6) is 0 Å². The lowest BCUT2D eigenvalue weighted by Gasteiger charge is -2.20. The van der Waals surface area contributed by atoms with Gasteiger partial charge in [-0.05, 0) is 31.5 Å². The molecule has 2 aromatic rings. The first-order valence-electron chi connectivity index (χ1n) is 6.86. The normalized spacial score (nSPS) is 12.4. The van der Waals surface area contributed by atoms with Crippen LogP contribution in [-0.2, 0) is 0 Å². The highest BCUT2D eigenvalue weighted by Crippen LogP contribution is 2.25. The van der Waals surface area contributed by atoms with Crippen molar-refractivity contribution in [1.82, 2.24) is 5.32 Å². The number of nitrogens with one attached hydrogen (secondary N) is 1. The van der Waals surface area contributed by atoms with Gasteiger partial charge in [-0.25, -0.2) is 8.78 Å². The van der Waals surface area contributed by atoms with Gasteiger partial charge >= 0.3 is 0 Å². The van der Waals surface area contributed by atoms with Crippen LogP contribution >= 0.6 is 0 Å². The van der Waals surface area contributed by atoms with Crippen LogP contribution in [0, 0.1) is 18.6 Å². The predicted molar refractivity (Wildman–Crippen MR) is 77.7 cm³/mol. The number of benzene rings is 2. The van der Waals surface area contributed by atoms with Gasteiger partial charge in [-0.1, -0.05) is 42.8 Å². The Labute approximate surface area is 118 Å². The predicted octanol–water partition coefficient (Wildman–Crippen LogP) is 4.36. The second-order valence-corrected chi connectivity index (χ2v) is 4.97. The molecule has 1 unspecified atom stereocenters. The minimum Gasteiger partial charge on any atom is -0.306 e. The lowest BCUT2D eigenvalue weighted by Crippen LogP contribution is -2.24. The van der Waals surface area contributed by atoms with E-state index in [1.54, 1.807) is 0 Å². The van der Waals surface area contributed by atoms with Crippen LogP contribution in [0.25, 0.3) is 0 Å². The van der Waals surface area contributed by atoms with E-state index in [1.807, 2.05) is 31.2 Å². The molecule has 1 N–H and O–H groups in total. The molecule has 0 heterocycles. The zero-order valence-corrected chi connectivity index (χ0v) is 11.8. The maximum Gasteiger partial charge on any atom is 0.131 e. The fourth-order valence-electron chi connectivity index (χ4n) is 2.28. The first-order valence-corrected chi connectivity index (χ1v) is 6.86. The Morgan fingerprint density at radius 3 is 2.55 bits per heavy atom. The fraction of sp³-hybridized carbons (Fsp3) is 0.294. The third-order valence-electron chi connectivity index (χ3n) is 3.25. The summed E-state index contributed by atoms with van der Waals surface area (Å²) >= 11 is 0. The Bertz CT molecular complexity index is 581. The molecule has 0 radical (unpaired) electrons. The highest BCUT2D eigenvalue weighted by atomic mass is 19.1. The van der Waals surface area contributed by atoms with E-state index in [2.05, 4.69) is 12.2 Å². The Balaban J connectivity index is 2.41. The van der Waals surface area contributed by atoms with Gasteiger partial charge in [0, 0.05) is 11.6 Å². The van der Waals surface area contributed by atoms with Crippen LogP contribution in [0.2, 0.25) is 0 Å². The first kappa shape index (κ1) is 14.7. The van der Waals surface area contributed by atoms with Gasteiger partial charge in [0.15, 0.2) is 0 Å². The summed E-state index contributed by atoms with van der Waals surface area (Å²) in [6.07, 6.45) is 0.950. The van der Waals surface area contributed by atoms with E-state index >= 15 is 0 Å². The van der Waals surface area contributed by atoms with Crippen molar-refractivity contribution in [1.29, 1.82) is 0 Å². The highest BCUT2D eigenvalue weighted by Gasteiger charge is 2.17. The summed E-state index contributed by atoms with van der Waals surface area (Å²) in [4.78, 5) is 0. The van der Waals surface area contributed by atoms with Crippen molar-refractivity contribution in [3.8, 4) is 0 Å². The van der Waals surface area contributed by atoms with Crippen LogP contribution in [0.1, 0.15) is 36.1 Å². The fourth-order valence-corrected chi connectivity index (χ4v) is 2.28. The minimum absolute atomic E-state index is 0.254. The molecule has 0 aliphatic carbocycles. The van der Waals surface area contributed by atoms with E-state index in [1.165, 1.54) is 12.1 Å². The third-order valence-corrected chi connectivity index (χ3v) is 3.25. The Hall–Kier alpha value is -1.74. The van der Waals surface area contributed by atoms with Crippen LogP contribution in [-0.4, -0.2) is 6.54 Å². The molecular weight excluding hydrogens is 256 g/mol. The SMILES string of the molecule is CCCNC(c1cccc(C)c1)c1ccc(F)cc1F. The molecule has 0 fully saturated rings. The van der Waals surface area contributed by atoms with Gasteiger partial charge in [0.05, 0.1) is 6.04 Å². The molecular formula is C17H19F2N. The standard InChI is InChI=1S/C17H19F2N/c1-3-9-20-17(13-6-4-5-12(2)10-13)15-8-7-14(18)11-16(15)19/h4-8,10-11,17,20H,3,9H2,1-2H3. The number of rotatable bonds is 5. The molecule has 1 nitrogen and oxygen atoms in total. The first-order chi connectivity index (χ1) is 9.61. The molecule has 0 aliphatic rings. The maximum absolute atomic E-state index is 14.0. The van der Waals surface area contributed by atoms with Crippen molar-refractivity contribution in [3.63, 3.8) is 0 Å². The van der Waals surface area contributed by atoms with Crippen molar-refractivity contribution >= 4 is 0 Å². The number of hydrogen-bond donors (Lipinski definition) is 1. The summed E-state index contributed by atoms with van der Waals surface area (Å²) in [5.41, 5.74) is 2.59. The monoisotopic (exact) mass is 275 g/mol. The van der Waals surface area contributed by atoms with Crippen molar-refractivity contribution in [2.75, 3.05) is 6.54 Å². The third kappa shape index (κ3) is 3.42. The van der Waals surface area contributed by atoms with Gasteiger partial charge in [-0.15, -0.1) is 0 Å². The molecule has 0 bridgehead atoms. The van der Waals surface area contributed by atoms with Gasteiger partial charge in [-0.3, -0.25) is 0 Å². The molecule has 0 spiro atoms. The smallest absolute Gasteiger partial charge is 0.131 e. The van der Waals surface area contributed by atoms with Gasteiger partial charge in [0.25, 0.3) is 0 Å². The second kappa shape index (κ2) is 6.62. The van der Waals surface area contributed by atoms with E-state index in [0.717, 1.165) is 30.2 Å². The van der Waals surface area contributed by atoms with E-state index < -0.39 is 11.6 Å². The maximum atomic E-state index is 14.0. The molecule has 20 heavy (non-hydrogen) atoms. The Morgan fingerprint density at radius 1 is 1.10 bits per heavy atom. The molecule has 106 valence electrons. The van der Waals surface area contributed by atoms with Crippen molar-refractivity contribution in [2.45, 2.75) is 26.3 Å². The number of aryl methyl sites for hydroxylation is 1. The largest absolute Gasteiger partial charge is 0.306 e. The average molecular weight is 275 g/mol. The lowest BCUT2D eigenvalue weighted by atomic mass is 9.96. The zero-order valence-electron chi connectivity index (χ0n) is 11.8. The van der Waals surface area contributed by atoms with E-state index in [4.69, 9.17) is 0 Å². The van der Waals surface area contributed by atoms with Crippen LogP contribution in [0.4, 0.5) is 8.78 Å². The molecule has 1 atom stereocenters. The molecule has 0 aromatic heterocycles. The molecule has 0 amide bonds. The van der Waals surface area contributed by atoms with Crippen molar-refractivity contribution in [2.24, 2.45) is 0 Å². The molecule has 2 rings (SSSR count). The molecule has 2 aromatic carbocycles. The average Bonchev–Trinajstić information content (AvgIpc) is 2.41. The molecule has 0 saturated heterocycles. The zero-order chi connectivity index (χ0) is 14.5. The lowest BCUT2D eigenvalue weighted by molar-refractivity contribution is 0.532. The van der Waals surface area contributed by atoms with Crippen molar-refractivity contribution in [3.05, 3.63) is 70.8 Å². The van der Waals surface area contributed by atoms with Crippen LogP contribution in [0.15, 0.2) is 42.5 Å². The summed E-state index contributed by atoms with van der Waals surface area (Å²) in [5.74, 6) is -1.06. The molecule has 0 aliphatic heterocycles. The van der Waals surface area contributed by atoms with Gasteiger partial charge in [0.1, 0.15) is 11.6 Å².